The molecule has 3 aromatic rings. The zero-order chi connectivity index (χ0) is 14.4. The van der Waals surface area contributed by atoms with Gasteiger partial charge in [0.25, 0.3) is 5.56 Å². The van der Waals surface area contributed by atoms with Gasteiger partial charge in [0.15, 0.2) is 0 Å². The first kappa shape index (κ1) is 12.7. The van der Waals surface area contributed by atoms with Crippen LogP contribution >= 0.6 is 0 Å². The van der Waals surface area contributed by atoms with E-state index in [1.54, 1.807) is 0 Å². The van der Waals surface area contributed by atoms with Crippen molar-refractivity contribution in [3.05, 3.63) is 51.1 Å². The molecule has 1 aromatic carbocycles. The third kappa shape index (κ3) is 1.76. The lowest BCUT2D eigenvalue weighted by molar-refractivity contribution is 1.06. The molecular weight excluding hydrogens is 250 g/mol. The smallest absolute Gasteiger partial charge is 0.271 e. The standard InChI is InChI=1S/C16H17N3O/c1-8-10(3)17-11(4)9(2)15(8)12-5-6-14-13(7-12)16(20)19-18-14/h5-7H,1-4H3,(H2,18,19,20). The van der Waals surface area contributed by atoms with Crippen LogP contribution in [0.15, 0.2) is 23.0 Å². The molecule has 0 amide bonds. The summed E-state index contributed by atoms with van der Waals surface area (Å²) >= 11 is 0. The lowest BCUT2D eigenvalue weighted by Crippen LogP contribution is -2.00. The quantitative estimate of drug-likeness (QED) is 0.711. The summed E-state index contributed by atoms with van der Waals surface area (Å²) in [6, 6.07) is 5.92. The van der Waals surface area contributed by atoms with Crippen LogP contribution in [-0.4, -0.2) is 15.2 Å². The van der Waals surface area contributed by atoms with Crippen LogP contribution in [0.3, 0.4) is 0 Å². The molecule has 3 rings (SSSR count). The van der Waals surface area contributed by atoms with Crippen molar-refractivity contribution in [2.75, 3.05) is 0 Å². The van der Waals surface area contributed by atoms with E-state index in [0.29, 0.717) is 5.39 Å². The number of rotatable bonds is 1. The molecule has 0 bridgehead atoms. The Balaban J connectivity index is 2.35. The summed E-state index contributed by atoms with van der Waals surface area (Å²) in [5, 5.41) is 6.17. The van der Waals surface area contributed by atoms with E-state index in [0.717, 1.165) is 22.5 Å². The zero-order valence-electron chi connectivity index (χ0n) is 12.1. The maximum absolute atomic E-state index is 11.8. The van der Waals surface area contributed by atoms with Gasteiger partial charge in [-0.2, -0.15) is 0 Å². The molecule has 2 N–H and O–H groups in total. The van der Waals surface area contributed by atoms with Gasteiger partial charge in [0.1, 0.15) is 0 Å². The lowest BCUT2D eigenvalue weighted by atomic mass is 9.93. The predicted octanol–water partition coefficient (Wildman–Crippen LogP) is 3.15. The monoisotopic (exact) mass is 267 g/mol. The lowest BCUT2D eigenvalue weighted by Gasteiger charge is -2.14. The summed E-state index contributed by atoms with van der Waals surface area (Å²) in [7, 11) is 0. The average Bonchev–Trinajstić information content (AvgIpc) is 2.79. The number of aromatic amines is 2. The minimum absolute atomic E-state index is 0.0837. The number of H-pyrrole nitrogens is 2. The highest BCUT2D eigenvalue weighted by molar-refractivity contribution is 5.85. The van der Waals surface area contributed by atoms with Crippen LogP contribution in [0.25, 0.3) is 22.0 Å². The molecular formula is C16H17N3O. The number of pyridine rings is 1. The van der Waals surface area contributed by atoms with Gasteiger partial charge in [-0.3, -0.25) is 20.0 Å². The van der Waals surface area contributed by atoms with E-state index >= 15 is 0 Å². The zero-order valence-corrected chi connectivity index (χ0v) is 12.1. The highest BCUT2D eigenvalue weighted by Gasteiger charge is 2.13. The van der Waals surface area contributed by atoms with Crippen molar-refractivity contribution in [3.63, 3.8) is 0 Å². The van der Waals surface area contributed by atoms with Crippen LogP contribution in [0.5, 0.6) is 0 Å². The molecule has 2 heterocycles. The van der Waals surface area contributed by atoms with Gasteiger partial charge in [0, 0.05) is 11.4 Å². The van der Waals surface area contributed by atoms with Crippen LogP contribution in [0.4, 0.5) is 0 Å². The summed E-state index contributed by atoms with van der Waals surface area (Å²) in [5.41, 5.74) is 7.39. The molecule has 2 aromatic heterocycles. The minimum Gasteiger partial charge on any atom is -0.298 e. The SMILES string of the molecule is Cc1nc(C)c(C)c(-c2ccc3[nH][nH]c(=O)c3c2)c1C. The first-order valence-electron chi connectivity index (χ1n) is 6.64. The molecule has 0 saturated heterocycles. The number of aryl methyl sites for hydroxylation is 2. The minimum atomic E-state index is -0.0837. The van der Waals surface area contributed by atoms with E-state index in [2.05, 4.69) is 29.0 Å². The Labute approximate surface area is 116 Å². The van der Waals surface area contributed by atoms with Crippen molar-refractivity contribution >= 4 is 10.9 Å². The number of benzene rings is 1. The summed E-state index contributed by atoms with van der Waals surface area (Å²) in [5.74, 6) is 0. The van der Waals surface area contributed by atoms with Crippen LogP contribution in [0.1, 0.15) is 22.5 Å². The maximum Gasteiger partial charge on any atom is 0.271 e. The third-order valence-electron chi connectivity index (χ3n) is 4.03. The normalized spacial score (nSPS) is 11.2. The van der Waals surface area contributed by atoms with E-state index in [4.69, 9.17) is 0 Å². The Morgan fingerprint density at radius 2 is 1.60 bits per heavy atom. The first-order valence-corrected chi connectivity index (χ1v) is 6.64. The topological polar surface area (TPSA) is 61.5 Å². The molecule has 102 valence electrons. The molecule has 0 aliphatic carbocycles. The largest absolute Gasteiger partial charge is 0.298 e. The van der Waals surface area contributed by atoms with Crippen molar-refractivity contribution < 1.29 is 0 Å². The Morgan fingerprint density at radius 3 is 2.25 bits per heavy atom. The first-order chi connectivity index (χ1) is 9.49. The van der Waals surface area contributed by atoms with Gasteiger partial charge < -0.3 is 0 Å². The predicted molar refractivity (Wildman–Crippen MR) is 81.1 cm³/mol. The fraction of sp³-hybridized carbons (Fsp3) is 0.250. The Kier molecular flexibility index (Phi) is 2.74. The highest BCUT2D eigenvalue weighted by Crippen LogP contribution is 2.31. The average molecular weight is 267 g/mol. The van der Waals surface area contributed by atoms with Crippen molar-refractivity contribution in [1.82, 2.24) is 15.2 Å². The number of hydrogen-bond acceptors (Lipinski definition) is 2. The Bertz CT molecular complexity index is 845. The highest BCUT2D eigenvalue weighted by atomic mass is 16.1. The number of nitrogens with one attached hydrogen (secondary N) is 2. The molecule has 20 heavy (non-hydrogen) atoms. The van der Waals surface area contributed by atoms with E-state index in [-0.39, 0.29) is 5.56 Å². The van der Waals surface area contributed by atoms with Crippen molar-refractivity contribution in [2.24, 2.45) is 0 Å². The molecule has 0 radical (unpaired) electrons. The van der Waals surface area contributed by atoms with Gasteiger partial charge >= 0.3 is 0 Å². The van der Waals surface area contributed by atoms with E-state index in [1.165, 1.54) is 16.7 Å². The van der Waals surface area contributed by atoms with Crippen LogP contribution in [-0.2, 0) is 0 Å². The Morgan fingerprint density at radius 1 is 0.950 bits per heavy atom. The van der Waals surface area contributed by atoms with Gasteiger partial charge in [-0.1, -0.05) is 6.07 Å². The van der Waals surface area contributed by atoms with Crippen LogP contribution < -0.4 is 5.56 Å². The van der Waals surface area contributed by atoms with Crippen molar-refractivity contribution in [3.8, 4) is 11.1 Å². The summed E-state index contributed by atoms with van der Waals surface area (Å²) < 4.78 is 0. The molecule has 0 atom stereocenters. The fourth-order valence-electron chi connectivity index (χ4n) is 2.68. The van der Waals surface area contributed by atoms with Gasteiger partial charge in [0.05, 0.1) is 10.9 Å². The molecule has 0 fully saturated rings. The molecule has 4 heteroatoms. The second-order valence-electron chi connectivity index (χ2n) is 5.25. The van der Waals surface area contributed by atoms with E-state index < -0.39 is 0 Å². The molecule has 0 unspecified atom stereocenters. The molecule has 0 aliphatic rings. The Hall–Kier alpha value is -2.36. The molecule has 0 aliphatic heterocycles. The second kappa shape index (κ2) is 4.34. The number of hydrogen-bond donors (Lipinski definition) is 2. The number of fused-ring (bicyclic) bond motifs is 1. The van der Waals surface area contributed by atoms with Gasteiger partial charge in [-0.15, -0.1) is 0 Å². The summed E-state index contributed by atoms with van der Waals surface area (Å²) in [4.78, 5) is 16.3. The van der Waals surface area contributed by atoms with Crippen molar-refractivity contribution in [1.29, 1.82) is 0 Å². The van der Waals surface area contributed by atoms with Gasteiger partial charge in [-0.25, -0.2) is 0 Å². The summed E-state index contributed by atoms with van der Waals surface area (Å²) in [6.07, 6.45) is 0. The van der Waals surface area contributed by atoms with Gasteiger partial charge in [-0.05, 0) is 62.1 Å². The van der Waals surface area contributed by atoms with Crippen LogP contribution in [0.2, 0.25) is 0 Å². The van der Waals surface area contributed by atoms with Gasteiger partial charge in [0.2, 0.25) is 0 Å². The van der Waals surface area contributed by atoms with E-state index in [9.17, 15) is 4.79 Å². The maximum atomic E-state index is 11.8. The number of nitrogens with zero attached hydrogens (tertiary/aromatic N) is 1. The number of aromatic nitrogens is 3. The fourth-order valence-corrected chi connectivity index (χ4v) is 2.68. The molecule has 0 saturated carbocycles. The second-order valence-corrected chi connectivity index (χ2v) is 5.25. The molecule has 0 spiro atoms. The summed E-state index contributed by atoms with van der Waals surface area (Å²) in [6.45, 7) is 8.20. The molecule has 4 nitrogen and oxygen atoms in total. The van der Waals surface area contributed by atoms with Crippen LogP contribution in [0, 0.1) is 27.7 Å². The van der Waals surface area contributed by atoms with Crippen molar-refractivity contribution in [2.45, 2.75) is 27.7 Å². The third-order valence-corrected chi connectivity index (χ3v) is 4.03. The van der Waals surface area contributed by atoms with E-state index in [1.807, 2.05) is 32.0 Å².